The molecule has 0 spiro atoms. The van der Waals surface area contributed by atoms with Crippen LogP contribution in [0.25, 0.3) is 11.1 Å². The van der Waals surface area contributed by atoms with E-state index in [0.29, 0.717) is 0 Å². The predicted octanol–water partition coefficient (Wildman–Crippen LogP) is 3.92. The van der Waals surface area contributed by atoms with Gasteiger partial charge in [-0.15, -0.1) is 0 Å². The molecule has 176 valence electrons. The molecule has 1 unspecified atom stereocenters. The quantitative estimate of drug-likeness (QED) is 0.526. The number of amides is 2. The Balaban J connectivity index is 1.57. The maximum atomic E-state index is 12.5. The molecule has 0 saturated heterocycles. The number of nitrogens with one attached hydrogen (secondary N) is 2. The number of carboxylic acid groups (broad SMARTS) is 1. The Hall–Kier alpha value is -3.49. The molecular formula is C24H26F2N2O5. The van der Waals surface area contributed by atoms with Crippen molar-refractivity contribution in [1.29, 1.82) is 0 Å². The SMILES string of the molecule is CC(C)(CC(=O)NC(CC(F)F)C(=O)O)NC(=O)OCC1c2ccccc2-c2ccccc21. The van der Waals surface area contributed by atoms with Gasteiger partial charge < -0.3 is 20.5 Å². The first-order valence-corrected chi connectivity index (χ1v) is 10.5. The third-order valence-corrected chi connectivity index (χ3v) is 5.43. The average Bonchev–Trinajstić information content (AvgIpc) is 3.04. The van der Waals surface area contributed by atoms with E-state index >= 15 is 0 Å². The molecule has 0 aliphatic heterocycles. The normalized spacial score (nSPS) is 13.7. The lowest BCUT2D eigenvalue weighted by Gasteiger charge is -2.26. The number of alkyl carbamates (subject to hydrolysis) is 1. The maximum Gasteiger partial charge on any atom is 0.407 e. The average molecular weight is 460 g/mol. The number of alkyl halides is 2. The number of rotatable bonds is 9. The van der Waals surface area contributed by atoms with Crippen LogP contribution in [-0.2, 0) is 14.3 Å². The summed E-state index contributed by atoms with van der Waals surface area (Å²) < 4.78 is 30.5. The Morgan fingerprint density at radius 2 is 1.58 bits per heavy atom. The van der Waals surface area contributed by atoms with Crippen molar-refractivity contribution in [1.82, 2.24) is 10.6 Å². The summed E-state index contributed by atoms with van der Waals surface area (Å²) >= 11 is 0. The largest absolute Gasteiger partial charge is 0.480 e. The molecule has 3 N–H and O–H groups in total. The molecule has 7 nitrogen and oxygen atoms in total. The standard InChI is InChI=1S/C24H26F2N2O5/c1-24(2,12-21(29)27-19(22(30)31)11-20(25)26)28-23(32)33-13-18-16-9-5-3-7-14(16)15-8-4-6-10-17(15)18/h3-10,18-20H,11-13H2,1-2H3,(H,27,29)(H,28,32)(H,30,31). The lowest BCUT2D eigenvalue weighted by Crippen LogP contribution is -2.50. The highest BCUT2D eigenvalue weighted by Gasteiger charge is 2.31. The first-order valence-electron chi connectivity index (χ1n) is 10.5. The Bertz CT molecular complexity index is 996. The molecule has 0 bridgehead atoms. The second-order valence-electron chi connectivity index (χ2n) is 8.60. The molecule has 0 aromatic heterocycles. The molecule has 1 atom stereocenters. The lowest BCUT2D eigenvalue weighted by molar-refractivity contribution is -0.143. The van der Waals surface area contributed by atoms with Gasteiger partial charge in [0.15, 0.2) is 0 Å². The van der Waals surface area contributed by atoms with Crippen LogP contribution < -0.4 is 10.6 Å². The summed E-state index contributed by atoms with van der Waals surface area (Å²) in [4.78, 5) is 35.7. The molecule has 0 fully saturated rings. The molecule has 2 amide bonds. The van der Waals surface area contributed by atoms with Gasteiger partial charge in [0, 0.05) is 24.3 Å². The number of carbonyl (C=O) groups excluding carboxylic acids is 2. The number of benzene rings is 2. The zero-order valence-corrected chi connectivity index (χ0v) is 18.3. The number of fused-ring (bicyclic) bond motifs is 3. The number of hydrogen-bond acceptors (Lipinski definition) is 4. The van der Waals surface area contributed by atoms with E-state index in [4.69, 9.17) is 9.84 Å². The smallest absolute Gasteiger partial charge is 0.407 e. The van der Waals surface area contributed by atoms with Gasteiger partial charge in [-0.1, -0.05) is 48.5 Å². The van der Waals surface area contributed by atoms with Crippen LogP contribution in [0.3, 0.4) is 0 Å². The summed E-state index contributed by atoms with van der Waals surface area (Å²) in [6.07, 6.45) is -4.93. The van der Waals surface area contributed by atoms with E-state index in [1.165, 1.54) is 0 Å². The van der Waals surface area contributed by atoms with Crippen molar-refractivity contribution < 1.29 is 33.0 Å². The van der Waals surface area contributed by atoms with E-state index in [-0.39, 0.29) is 18.9 Å². The predicted molar refractivity (Wildman–Crippen MR) is 117 cm³/mol. The highest BCUT2D eigenvalue weighted by molar-refractivity contribution is 5.84. The minimum Gasteiger partial charge on any atom is -0.480 e. The van der Waals surface area contributed by atoms with Gasteiger partial charge in [-0.3, -0.25) is 4.79 Å². The van der Waals surface area contributed by atoms with Crippen LogP contribution in [0.5, 0.6) is 0 Å². The second kappa shape index (κ2) is 9.97. The van der Waals surface area contributed by atoms with E-state index in [1.807, 2.05) is 48.5 Å². The Labute approximate surface area is 190 Å². The van der Waals surface area contributed by atoms with Gasteiger partial charge in [0.2, 0.25) is 12.3 Å². The molecule has 1 aliphatic carbocycles. The fourth-order valence-electron chi connectivity index (χ4n) is 4.00. The number of halogens is 2. The van der Waals surface area contributed by atoms with Crippen LogP contribution >= 0.6 is 0 Å². The zero-order valence-electron chi connectivity index (χ0n) is 18.3. The van der Waals surface area contributed by atoms with Crippen LogP contribution in [0.4, 0.5) is 13.6 Å². The van der Waals surface area contributed by atoms with Crippen LogP contribution in [-0.4, -0.2) is 47.7 Å². The van der Waals surface area contributed by atoms with E-state index in [2.05, 4.69) is 10.6 Å². The van der Waals surface area contributed by atoms with Crippen LogP contribution in [0.2, 0.25) is 0 Å². The lowest BCUT2D eigenvalue weighted by atomic mass is 9.98. The second-order valence-corrected chi connectivity index (χ2v) is 8.60. The van der Waals surface area contributed by atoms with E-state index in [9.17, 15) is 23.2 Å². The number of ether oxygens (including phenoxy) is 1. The van der Waals surface area contributed by atoms with Crippen molar-refractivity contribution in [3.8, 4) is 11.1 Å². The van der Waals surface area contributed by atoms with Crippen molar-refractivity contribution in [2.75, 3.05) is 6.61 Å². The van der Waals surface area contributed by atoms with Crippen molar-refractivity contribution in [3.63, 3.8) is 0 Å². The molecule has 0 radical (unpaired) electrons. The summed E-state index contributed by atoms with van der Waals surface area (Å²) in [6.45, 7) is 3.20. The molecule has 1 aliphatic rings. The minimum absolute atomic E-state index is 0.0949. The number of carboxylic acids is 1. The fourth-order valence-corrected chi connectivity index (χ4v) is 4.00. The minimum atomic E-state index is -2.88. The van der Waals surface area contributed by atoms with E-state index in [1.54, 1.807) is 13.8 Å². The molecule has 2 aromatic rings. The summed E-state index contributed by atoms with van der Waals surface area (Å²) in [6, 6.07) is 14.1. The fraction of sp³-hybridized carbons (Fsp3) is 0.375. The van der Waals surface area contributed by atoms with E-state index in [0.717, 1.165) is 22.3 Å². The highest BCUT2D eigenvalue weighted by atomic mass is 19.3. The first kappa shape index (κ1) is 24.2. The van der Waals surface area contributed by atoms with Gasteiger partial charge in [-0.2, -0.15) is 0 Å². The topological polar surface area (TPSA) is 105 Å². The van der Waals surface area contributed by atoms with Crippen molar-refractivity contribution >= 4 is 18.0 Å². The zero-order chi connectivity index (χ0) is 24.2. The maximum absolute atomic E-state index is 12.5. The molecular weight excluding hydrogens is 434 g/mol. The molecule has 3 rings (SSSR count). The number of carbonyl (C=O) groups is 3. The third-order valence-electron chi connectivity index (χ3n) is 5.43. The Morgan fingerprint density at radius 3 is 2.09 bits per heavy atom. The molecule has 0 heterocycles. The molecule has 9 heteroatoms. The van der Waals surface area contributed by atoms with Crippen LogP contribution in [0, 0.1) is 0 Å². The Kier molecular flexibility index (Phi) is 7.30. The van der Waals surface area contributed by atoms with Gasteiger partial charge in [0.1, 0.15) is 12.6 Å². The summed E-state index contributed by atoms with van der Waals surface area (Å²) in [5.74, 6) is -2.45. The van der Waals surface area contributed by atoms with Crippen LogP contribution in [0.1, 0.15) is 43.7 Å². The van der Waals surface area contributed by atoms with Crippen LogP contribution in [0.15, 0.2) is 48.5 Å². The molecule has 33 heavy (non-hydrogen) atoms. The summed E-state index contributed by atoms with van der Waals surface area (Å²) in [5.41, 5.74) is 3.21. The van der Waals surface area contributed by atoms with Gasteiger partial charge in [0.25, 0.3) is 0 Å². The number of hydrogen-bond donors (Lipinski definition) is 3. The van der Waals surface area contributed by atoms with Gasteiger partial charge in [-0.25, -0.2) is 18.4 Å². The first-order chi connectivity index (χ1) is 15.6. The van der Waals surface area contributed by atoms with Crippen molar-refractivity contribution in [2.45, 2.75) is 50.6 Å². The number of aliphatic carboxylic acids is 1. The van der Waals surface area contributed by atoms with Crippen molar-refractivity contribution in [3.05, 3.63) is 59.7 Å². The van der Waals surface area contributed by atoms with Crippen molar-refractivity contribution in [2.24, 2.45) is 0 Å². The monoisotopic (exact) mass is 460 g/mol. The Morgan fingerprint density at radius 1 is 1.03 bits per heavy atom. The van der Waals surface area contributed by atoms with Gasteiger partial charge in [0.05, 0.1) is 0 Å². The highest BCUT2D eigenvalue weighted by Crippen LogP contribution is 2.44. The molecule has 2 aromatic carbocycles. The summed E-state index contributed by atoms with van der Waals surface area (Å²) in [5, 5.41) is 13.6. The van der Waals surface area contributed by atoms with Gasteiger partial charge in [-0.05, 0) is 36.1 Å². The van der Waals surface area contributed by atoms with E-state index < -0.39 is 42.4 Å². The third kappa shape index (κ3) is 6.06. The summed E-state index contributed by atoms with van der Waals surface area (Å²) in [7, 11) is 0. The van der Waals surface area contributed by atoms with Gasteiger partial charge >= 0.3 is 12.1 Å². The molecule has 0 saturated carbocycles.